The summed E-state index contributed by atoms with van der Waals surface area (Å²) in [5.74, 6) is 0.993. The highest BCUT2D eigenvalue weighted by Gasteiger charge is 2.33. The van der Waals surface area contributed by atoms with E-state index in [0.29, 0.717) is 30.4 Å². The Bertz CT molecular complexity index is 1030. The van der Waals surface area contributed by atoms with Gasteiger partial charge in [-0.3, -0.25) is 9.78 Å². The second-order valence-corrected chi connectivity index (χ2v) is 7.25. The first-order valence-electron chi connectivity index (χ1n) is 10.3. The second-order valence-electron chi connectivity index (χ2n) is 7.25. The predicted octanol–water partition coefficient (Wildman–Crippen LogP) is 4.01. The fourth-order valence-corrected chi connectivity index (χ4v) is 3.91. The summed E-state index contributed by atoms with van der Waals surface area (Å²) >= 11 is 0. The van der Waals surface area contributed by atoms with Crippen LogP contribution in [0, 0.1) is 6.92 Å². The van der Waals surface area contributed by atoms with Gasteiger partial charge in [0.1, 0.15) is 11.4 Å². The largest absolute Gasteiger partial charge is 0.477 e. The van der Waals surface area contributed by atoms with E-state index >= 15 is 0 Å². The number of likely N-dealkylation sites (tertiary alicyclic amines) is 1. The summed E-state index contributed by atoms with van der Waals surface area (Å²) in [6.07, 6.45) is 9.86. The van der Waals surface area contributed by atoms with Gasteiger partial charge in [-0.05, 0) is 62.9 Å². The molecule has 0 N–H and O–H groups in total. The summed E-state index contributed by atoms with van der Waals surface area (Å²) in [7, 11) is 0. The molecule has 0 radical (unpaired) electrons. The maximum Gasteiger partial charge on any atom is 0.259 e. The van der Waals surface area contributed by atoms with E-state index in [2.05, 4.69) is 15.0 Å². The molecule has 1 aliphatic rings. The van der Waals surface area contributed by atoms with Crippen molar-refractivity contribution in [3.63, 3.8) is 0 Å². The van der Waals surface area contributed by atoms with E-state index in [4.69, 9.17) is 9.72 Å². The molecule has 154 valence electrons. The van der Waals surface area contributed by atoms with E-state index in [1.807, 2.05) is 37.1 Å². The standard InChI is InChI=1S/C23H25N5O2/c1-3-30-22-18(7-6-11-25-22)23(29)28-14-5-4-8-20(28)21-19(15-26-16(2)27-21)17-9-12-24-13-10-17/h6-7,9-13,15,20H,3-5,8,14H2,1-2H3/t20-/m0/s1. The summed E-state index contributed by atoms with van der Waals surface area (Å²) in [4.78, 5) is 33.0. The molecule has 30 heavy (non-hydrogen) atoms. The van der Waals surface area contributed by atoms with Crippen molar-refractivity contribution in [3.05, 3.63) is 66.1 Å². The highest BCUT2D eigenvalue weighted by atomic mass is 16.5. The topological polar surface area (TPSA) is 81.1 Å². The predicted molar refractivity (Wildman–Crippen MR) is 113 cm³/mol. The molecule has 3 aromatic rings. The highest BCUT2D eigenvalue weighted by Crippen LogP contribution is 2.37. The number of aryl methyl sites for hydroxylation is 1. The zero-order chi connectivity index (χ0) is 20.9. The van der Waals surface area contributed by atoms with E-state index in [1.54, 1.807) is 30.7 Å². The van der Waals surface area contributed by atoms with Crippen LogP contribution in [-0.4, -0.2) is 43.9 Å². The van der Waals surface area contributed by atoms with Crippen molar-refractivity contribution in [2.75, 3.05) is 13.2 Å². The van der Waals surface area contributed by atoms with Crippen LogP contribution in [0.5, 0.6) is 5.88 Å². The first-order valence-corrected chi connectivity index (χ1v) is 10.3. The number of amides is 1. The minimum Gasteiger partial charge on any atom is -0.477 e. The Morgan fingerprint density at radius 1 is 1.17 bits per heavy atom. The molecule has 0 spiro atoms. The Morgan fingerprint density at radius 3 is 2.80 bits per heavy atom. The fraction of sp³-hybridized carbons (Fsp3) is 0.348. The molecule has 4 rings (SSSR count). The molecule has 0 unspecified atom stereocenters. The monoisotopic (exact) mass is 403 g/mol. The molecule has 4 heterocycles. The van der Waals surface area contributed by atoms with E-state index < -0.39 is 0 Å². The number of aromatic nitrogens is 4. The van der Waals surface area contributed by atoms with Gasteiger partial charge >= 0.3 is 0 Å². The number of pyridine rings is 2. The van der Waals surface area contributed by atoms with Gasteiger partial charge in [0.25, 0.3) is 5.91 Å². The Kier molecular flexibility index (Phi) is 5.97. The van der Waals surface area contributed by atoms with E-state index in [1.165, 1.54) is 0 Å². The van der Waals surface area contributed by atoms with Crippen LogP contribution in [0.15, 0.2) is 49.1 Å². The number of ether oxygens (including phenoxy) is 1. The third-order valence-electron chi connectivity index (χ3n) is 5.29. The normalized spacial score (nSPS) is 16.3. The molecule has 0 saturated carbocycles. The molecule has 1 fully saturated rings. The minimum absolute atomic E-state index is 0.0757. The lowest BCUT2D eigenvalue weighted by Crippen LogP contribution is -2.39. The van der Waals surface area contributed by atoms with Crippen molar-refractivity contribution in [1.29, 1.82) is 0 Å². The Hall–Kier alpha value is -3.35. The summed E-state index contributed by atoms with van der Waals surface area (Å²) in [5, 5.41) is 0. The van der Waals surface area contributed by atoms with Crippen molar-refractivity contribution < 1.29 is 9.53 Å². The number of piperidine rings is 1. The van der Waals surface area contributed by atoms with Crippen LogP contribution in [0.25, 0.3) is 11.1 Å². The lowest BCUT2D eigenvalue weighted by atomic mass is 9.93. The number of hydrogen-bond acceptors (Lipinski definition) is 6. The maximum absolute atomic E-state index is 13.6. The second kappa shape index (κ2) is 8.98. The number of carbonyl (C=O) groups excluding carboxylic acids is 1. The zero-order valence-electron chi connectivity index (χ0n) is 17.3. The van der Waals surface area contributed by atoms with E-state index in [-0.39, 0.29) is 11.9 Å². The summed E-state index contributed by atoms with van der Waals surface area (Å²) in [6, 6.07) is 7.31. The molecule has 1 amide bonds. The van der Waals surface area contributed by atoms with Crippen LogP contribution in [-0.2, 0) is 0 Å². The van der Waals surface area contributed by atoms with E-state index in [0.717, 1.165) is 36.1 Å². The third-order valence-corrected chi connectivity index (χ3v) is 5.29. The molecular weight excluding hydrogens is 378 g/mol. The van der Waals surface area contributed by atoms with Crippen molar-refractivity contribution in [1.82, 2.24) is 24.8 Å². The van der Waals surface area contributed by atoms with Gasteiger partial charge in [-0.25, -0.2) is 15.0 Å². The Balaban J connectivity index is 1.76. The van der Waals surface area contributed by atoms with Crippen LogP contribution in [0.1, 0.15) is 54.1 Å². The van der Waals surface area contributed by atoms with Gasteiger partial charge in [0.2, 0.25) is 5.88 Å². The minimum atomic E-state index is -0.134. The summed E-state index contributed by atoms with van der Waals surface area (Å²) in [6.45, 7) is 4.89. The number of carbonyl (C=O) groups is 1. The van der Waals surface area contributed by atoms with Crippen LogP contribution >= 0.6 is 0 Å². The molecule has 1 aliphatic heterocycles. The first kappa shape index (κ1) is 19.9. The number of hydrogen-bond donors (Lipinski definition) is 0. The fourth-order valence-electron chi connectivity index (χ4n) is 3.91. The van der Waals surface area contributed by atoms with Crippen LogP contribution in [0.4, 0.5) is 0 Å². The molecular formula is C23H25N5O2. The maximum atomic E-state index is 13.6. The summed E-state index contributed by atoms with van der Waals surface area (Å²) in [5.41, 5.74) is 3.30. The van der Waals surface area contributed by atoms with Gasteiger partial charge in [0, 0.05) is 36.9 Å². The quantitative estimate of drug-likeness (QED) is 0.640. The van der Waals surface area contributed by atoms with Crippen LogP contribution < -0.4 is 4.74 Å². The number of nitrogens with zero attached hydrogens (tertiary/aromatic N) is 5. The first-order chi connectivity index (χ1) is 14.7. The van der Waals surface area contributed by atoms with Crippen LogP contribution in [0.2, 0.25) is 0 Å². The molecule has 7 heteroatoms. The van der Waals surface area contributed by atoms with Gasteiger partial charge in [-0.2, -0.15) is 0 Å². The average Bonchev–Trinajstić information content (AvgIpc) is 2.80. The molecule has 0 aliphatic carbocycles. The third kappa shape index (κ3) is 4.01. The van der Waals surface area contributed by atoms with Gasteiger partial charge < -0.3 is 9.64 Å². The zero-order valence-corrected chi connectivity index (χ0v) is 17.3. The number of rotatable bonds is 5. The van der Waals surface area contributed by atoms with E-state index in [9.17, 15) is 4.79 Å². The Labute approximate surface area is 176 Å². The molecule has 7 nitrogen and oxygen atoms in total. The molecule has 1 saturated heterocycles. The van der Waals surface area contributed by atoms with Crippen molar-refractivity contribution in [2.45, 2.75) is 39.2 Å². The van der Waals surface area contributed by atoms with Crippen LogP contribution in [0.3, 0.4) is 0 Å². The van der Waals surface area contributed by atoms with Gasteiger partial charge in [-0.1, -0.05) is 0 Å². The lowest BCUT2D eigenvalue weighted by molar-refractivity contribution is 0.0601. The highest BCUT2D eigenvalue weighted by molar-refractivity contribution is 5.96. The van der Waals surface area contributed by atoms with Gasteiger partial charge in [0.05, 0.1) is 18.3 Å². The van der Waals surface area contributed by atoms with Gasteiger partial charge in [0.15, 0.2) is 0 Å². The lowest BCUT2D eigenvalue weighted by Gasteiger charge is -2.36. The Morgan fingerprint density at radius 2 is 2.00 bits per heavy atom. The molecule has 1 atom stereocenters. The summed E-state index contributed by atoms with van der Waals surface area (Å²) < 4.78 is 5.61. The van der Waals surface area contributed by atoms with Crippen molar-refractivity contribution >= 4 is 5.91 Å². The average molecular weight is 403 g/mol. The molecule has 0 aromatic carbocycles. The molecule has 3 aromatic heterocycles. The van der Waals surface area contributed by atoms with Crippen molar-refractivity contribution in [2.24, 2.45) is 0 Å². The SMILES string of the molecule is CCOc1ncccc1C(=O)N1CCCC[C@H]1c1nc(C)ncc1-c1ccncc1. The van der Waals surface area contributed by atoms with Crippen molar-refractivity contribution in [3.8, 4) is 17.0 Å². The smallest absolute Gasteiger partial charge is 0.259 e. The van der Waals surface area contributed by atoms with Gasteiger partial charge in [-0.15, -0.1) is 0 Å². The molecule has 0 bridgehead atoms.